The second-order valence-corrected chi connectivity index (χ2v) is 4.69. The monoisotopic (exact) mass is 274 g/mol. The molecule has 0 saturated carbocycles. The fourth-order valence-corrected chi connectivity index (χ4v) is 1.91. The number of aryl methyl sites for hydroxylation is 1. The maximum Gasteiger partial charge on any atom is 0.293 e. The Bertz CT molecular complexity index is 594. The van der Waals surface area contributed by atoms with Crippen molar-refractivity contribution < 1.29 is 9.90 Å². The number of aromatic hydroxyl groups is 1. The van der Waals surface area contributed by atoms with Crippen molar-refractivity contribution in [1.82, 2.24) is 20.1 Å². The Kier molecular flexibility index (Phi) is 4.34. The molecule has 20 heavy (non-hydrogen) atoms. The standard InChI is InChI=1S/C14H18N4O2/c1-3-5-12-15-13(17-16-12)14(20)18(2)9-10-6-4-7-11(19)8-10/h4,6-8,19H,3,5,9H2,1-2H3,(H,15,16,17). The third-order valence-corrected chi connectivity index (χ3v) is 2.89. The fraction of sp³-hybridized carbons (Fsp3) is 0.357. The van der Waals surface area contributed by atoms with Gasteiger partial charge in [0.05, 0.1) is 0 Å². The topological polar surface area (TPSA) is 82.1 Å². The van der Waals surface area contributed by atoms with Crippen LogP contribution in [0.5, 0.6) is 5.75 Å². The minimum Gasteiger partial charge on any atom is -0.508 e. The number of aromatic amines is 1. The van der Waals surface area contributed by atoms with Crippen LogP contribution in [0.15, 0.2) is 24.3 Å². The lowest BCUT2D eigenvalue weighted by atomic mass is 10.2. The first-order valence-electron chi connectivity index (χ1n) is 6.54. The number of nitrogens with one attached hydrogen (secondary N) is 1. The zero-order chi connectivity index (χ0) is 14.5. The first kappa shape index (κ1) is 14.0. The highest BCUT2D eigenvalue weighted by Crippen LogP contribution is 2.13. The Hall–Kier alpha value is -2.37. The molecule has 0 aliphatic carbocycles. The van der Waals surface area contributed by atoms with Crippen LogP contribution in [-0.2, 0) is 13.0 Å². The van der Waals surface area contributed by atoms with Gasteiger partial charge in [-0.2, -0.15) is 0 Å². The molecule has 0 saturated heterocycles. The molecule has 6 nitrogen and oxygen atoms in total. The van der Waals surface area contributed by atoms with Crippen LogP contribution in [0, 0.1) is 0 Å². The first-order chi connectivity index (χ1) is 9.60. The maximum atomic E-state index is 12.2. The van der Waals surface area contributed by atoms with Crippen molar-refractivity contribution in [3.63, 3.8) is 0 Å². The van der Waals surface area contributed by atoms with Gasteiger partial charge in [0.25, 0.3) is 5.91 Å². The van der Waals surface area contributed by atoms with Crippen LogP contribution in [0.4, 0.5) is 0 Å². The van der Waals surface area contributed by atoms with Gasteiger partial charge in [-0.15, -0.1) is 5.10 Å². The van der Waals surface area contributed by atoms with Gasteiger partial charge < -0.3 is 10.0 Å². The number of hydrogen-bond donors (Lipinski definition) is 2. The molecular formula is C14H18N4O2. The molecule has 0 bridgehead atoms. The lowest BCUT2D eigenvalue weighted by molar-refractivity contribution is 0.0773. The number of amides is 1. The van der Waals surface area contributed by atoms with Gasteiger partial charge in [-0.3, -0.25) is 9.89 Å². The third-order valence-electron chi connectivity index (χ3n) is 2.89. The lowest BCUT2D eigenvalue weighted by Gasteiger charge is -2.15. The summed E-state index contributed by atoms with van der Waals surface area (Å²) in [4.78, 5) is 17.9. The molecule has 0 atom stereocenters. The van der Waals surface area contributed by atoms with Crippen molar-refractivity contribution in [3.05, 3.63) is 41.5 Å². The van der Waals surface area contributed by atoms with E-state index in [0.29, 0.717) is 6.54 Å². The molecule has 6 heteroatoms. The summed E-state index contributed by atoms with van der Waals surface area (Å²) < 4.78 is 0. The summed E-state index contributed by atoms with van der Waals surface area (Å²) in [6.07, 6.45) is 1.72. The molecule has 0 fully saturated rings. The molecule has 0 aliphatic heterocycles. The van der Waals surface area contributed by atoms with Gasteiger partial charge in [-0.1, -0.05) is 19.1 Å². The predicted octanol–water partition coefficient (Wildman–Crippen LogP) is 1.73. The Morgan fingerprint density at radius 3 is 2.95 bits per heavy atom. The molecule has 2 N–H and O–H groups in total. The molecule has 0 aliphatic rings. The van der Waals surface area contributed by atoms with Crippen molar-refractivity contribution in [2.75, 3.05) is 7.05 Å². The number of carbonyl (C=O) groups is 1. The molecule has 1 amide bonds. The highest BCUT2D eigenvalue weighted by Gasteiger charge is 2.17. The molecule has 1 heterocycles. The number of carbonyl (C=O) groups excluding carboxylic acids is 1. The van der Waals surface area contributed by atoms with E-state index in [-0.39, 0.29) is 17.5 Å². The third kappa shape index (κ3) is 3.34. The maximum absolute atomic E-state index is 12.2. The summed E-state index contributed by atoms with van der Waals surface area (Å²) in [6.45, 7) is 2.43. The minimum absolute atomic E-state index is 0.177. The summed E-state index contributed by atoms with van der Waals surface area (Å²) in [6, 6.07) is 6.82. The van der Waals surface area contributed by atoms with E-state index in [1.54, 1.807) is 25.2 Å². The highest BCUT2D eigenvalue weighted by atomic mass is 16.3. The molecule has 0 radical (unpaired) electrons. The van der Waals surface area contributed by atoms with Crippen LogP contribution < -0.4 is 0 Å². The summed E-state index contributed by atoms with van der Waals surface area (Å²) in [5.41, 5.74) is 0.852. The Balaban J connectivity index is 2.04. The number of hydrogen-bond acceptors (Lipinski definition) is 4. The van der Waals surface area contributed by atoms with E-state index in [4.69, 9.17) is 0 Å². The zero-order valence-electron chi connectivity index (χ0n) is 11.6. The van der Waals surface area contributed by atoms with Gasteiger partial charge >= 0.3 is 0 Å². The van der Waals surface area contributed by atoms with Gasteiger partial charge in [0.15, 0.2) is 0 Å². The van der Waals surface area contributed by atoms with Gasteiger partial charge in [-0.05, 0) is 24.1 Å². The van der Waals surface area contributed by atoms with Gasteiger partial charge in [0.1, 0.15) is 11.6 Å². The van der Waals surface area contributed by atoms with Crippen molar-refractivity contribution in [2.24, 2.45) is 0 Å². The molecular weight excluding hydrogens is 256 g/mol. The van der Waals surface area contributed by atoms with E-state index in [2.05, 4.69) is 15.2 Å². The van der Waals surface area contributed by atoms with Crippen LogP contribution >= 0.6 is 0 Å². The lowest BCUT2D eigenvalue weighted by Crippen LogP contribution is -2.27. The van der Waals surface area contributed by atoms with Crippen molar-refractivity contribution in [2.45, 2.75) is 26.3 Å². The molecule has 2 rings (SSSR count). The molecule has 0 unspecified atom stereocenters. The Morgan fingerprint density at radius 2 is 2.25 bits per heavy atom. The highest BCUT2D eigenvalue weighted by molar-refractivity contribution is 5.90. The first-order valence-corrected chi connectivity index (χ1v) is 6.54. The second kappa shape index (κ2) is 6.18. The Labute approximate surface area is 117 Å². The molecule has 2 aromatic rings. The van der Waals surface area contributed by atoms with Crippen molar-refractivity contribution in [3.8, 4) is 5.75 Å². The quantitative estimate of drug-likeness (QED) is 0.870. The van der Waals surface area contributed by atoms with E-state index in [1.807, 2.05) is 13.0 Å². The largest absolute Gasteiger partial charge is 0.508 e. The van der Waals surface area contributed by atoms with Crippen LogP contribution in [-0.4, -0.2) is 38.1 Å². The van der Waals surface area contributed by atoms with Crippen molar-refractivity contribution >= 4 is 5.91 Å². The number of H-pyrrole nitrogens is 1. The molecule has 106 valence electrons. The van der Waals surface area contributed by atoms with E-state index < -0.39 is 0 Å². The summed E-state index contributed by atoms with van der Waals surface area (Å²) in [7, 11) is 1.68. The number of aromatic nitrogens is 3. The van der Waals surface area contributed by atoms with Crippen LogP contribution in [0.2, 0.25) is 0 Å². The van der Waals surface area contributed by atoms with Crippen LogP contribution in [0.3, 0.4) is 0 Å². The zero-order valence-corrected chi connectivity index (χ0v) is 11.6. The summed E-state index contributed by atoms with van der Waals surface area (Å²) in [5, 5.41) is 16.1. The summed E-state index contributed by atoms with van der Waals surface area (Å²) >= 11 is 0. The summed E-state index contributed by atoms with van der Waals surface area (Å²) in [5.74, 6) is 0.844. The number of nitrogens with zero attached hydrogens (tertiary/aromatic N) is 3. The van der Waals surface area contributed by atoms with Crippen LogP contribution in [0.1, 0.15) is 35.4 Å². The van der Waals surface area contributed by atoms with Gasteiger partial charge in [0.2, 0.25) is 5.82 Å². The molecule has 1 aromatic heterocycles. The average Bonchev–Trinajstić information content (AvgIpc) is 2.87. The number of benzene rings is 1. The van der Waals surface area contributed by atoms with Crippen LogP contribution in [0.25, 0.3) is 0 Å². The Morgan fingerprint density at radius 1 is 1.45 bits per heavy atom. The number of rotatable bonds is 5. The molecule has 0 spiro atoms. The number of phenolic OH excluding ortho intramolecular Hbond substituents is 1. The van der Waals surface area contributed by atoms with E-state index in [1.165, 1.54) is 4.90 Å². The molecule has 1 aromatic carbocycles. The smallest absolute Gasteiger partial charge is 0.293 e. The van der Waals surface area contributed by atoms with Crippen molar-refractivity contribution in [1.29, 1.82) is 0 Å². The fourth-order valence-electron chi connectivity index (χ4n) is 1.91. The minimum atomic E-state index is -0.244. The normalized spacial score (nSPS) is 10.5. The predicted molar refractivity (Wildman–Crippen MR) is 74.3 cm³/mol. The average molecular weight is 274 g/mol. The number of phenols is 1. The van der Waals surface area contributed by atoms with E-state index >= 15 is 0 Å². The second-order valence-electron chi connectivity index (χ2n) is 4.69. The SMILES string of the molecule is CCCc1nc(C(=O)N(C)Cc2cccc(O)c2)n[nH]1. The van der Waals surface area contributed by atoms with Gasteiger partial charge in [-0.25, -0.2) is 4.98 Å². The van der Waals surface area contributed by atoms with E-state index in [9.17, 15) is 9.90 Å². The van der Waals surface area contributed by atoms with Gasteiger partial charge in [0, 0.05) is 20.0 Å². The van der Waals surface area contributed by atoms with E-state index in [0.717, 1.165) is 24.2 Å².